The van der Waals surface area contributed by atoms with Gasteiger partial charge in [0.1, 0.15) is 5.82 Å². The second-order valence-electron chi connectivity index (χ2n) is 5.63. The normalized spacial score (nSPS) is 15.0. The second-order valence-corrected chi connectivity index (χ2v) is 5.63. The molecule has 3 heterocycles. The van der Waals surface area contributed by atoms with Crippen molar-refractivity contribution in [2.75, 3.05) is 6.54 Å². The van der Waals surface area contributed by atoms with E-state index in [1.165, 1.54) is 23.3 Å². The molecule has 2 aromatic heterocycles. The Morgan fingerprint density at radius 2 is 2.27 bits per heavy atom. The van der Waals surface area contributed by atoms with E-state index in [1.54, 1.807) is 18.6 Å². The Bertz CT molecular complexity index is 779. The van der Waals surface area contributed by atoms with Crippen LogP contribution in [0.3, 0.4) is 0 Å². The van der Waals surface area contributed by atoms with Gasteiger partial charge in [-0.3, -0.25) is 10.00 Å². The van der Waals surface area contributed by atoms with E-state index < -0.39 is 0 Å². The van der Waals surface area contributed by atoms with Crippen LogP contribution in [0.1, 0.15) is 16.8 Å². The summed E-state index contributed by atoms with van der Waals surface area (Å²) in [5, 5.41) is 7.51. The molecule has 1 aliphatic heterocycles. The van der Waals surface area contributed by atoms with Crippen molar-refractivity contribution >= 4 is 0 Å². The van der Waals surface area contributed by atoms with Gasteiger partial charge in [0.15, 0.2) is 0 Å². The van der Waals surface area contributed by atoms with Crippen LogP contribution in [0.4, 0.5) is 4.39 Å². The summed E-state index contributed by atoms with van der Waals surface area (Å²) >= 11 is 0. The van der Waals surface area contributed by atoms with E-state index in [0.29, 0.717) is 0 Å². The third kappa shape index (κ3) is 2.44. The maximum absolute atomic E-state index is 13.5. The molecule has 0 bridgehead atoms. The van der Waals surface area contributed by atoms with Crippen LogP contribution in [0.15, 0.2) is 47.3 Å². The van der Waals surface area contributed by atoms with Crippen molar-refractivity contribution in [1.82, 2.24) is 15.1 Å². The summed E-state index contributed by atoms with van der Waals surface area (Å²) in [7, 11) is 0. The standard InChI is InChI=1S/C17H16FN3O/c18-14-3-1-2-13(8-14)17-15-10-21(6-4-16(15)19-20-17)9-12-5-7-22-11-12/h1-3,5,7-8,11H,4,6,9-10H2,(H,19,20). The molecule has 1 aliphatic rings. The lowest BCUT2D eigenvalue weighted by molar-refractivity contribution is 0.244. The molecule has 3 aromatic rings. The smallest absolute Gasteiger partial charge is 0.123 e. The van der Waals surface area contributed by atoms with Crippen LogP contribution in [0.25, 0.3) is 11.3 Å². The van der Waals surface area contributed by atoms with Gasteiger partial charge in [-0.2, -0.15) is 5.10 Å². The summed E-state index contributed by atoms with van der Waals surface area (Å²) in [6.45, 7) is 2.63. The fourth-order valence-corrected chi connectivity index (χ4v) is 3.00. The molecule has 4 rings (SSSR count). The summed E-state index contributed by atoms with van der Waals surface area (Å²) in [6, 6.07) is 8.59. The highest BCUT2D eigenvalue weighted by Gasteiger charge is 2.23. The molecule has 1 N–H and O–H groups in total. The summed E-state index contributed by atoms with van der Waals surface area (Å²) in [5.74, 6) is -0.236. The Balaban J connectivity index is 1.62. The van der Waals surface area contributed by atoms with Gasteiger partial charge in [-0.05, 0) is 18.2 Å². The first kappa shape index (κ1) is 13.3. The van der Waals surface area contributed by atoms with Crippen molar-refractivity contribution in [3.05, 3.63) is 65.5 Å². The number of fused-ring (bicyclic) bond motifs is 1. The zero-order chi connectivity index (χ0) is 14.9. The number of nitrogens with one attached hydrogen (secondary N) is 1. The number of halogens is 1. The number of rotatable bonds is 3. The fourth-order valence-electron chi connectivity index (χ4n) is 3.00. The third-order valence-electron chi connectivity index (χ3n) is 4.10. The zero-order valence-corrected chi connectivity index (χ0v) is 12.1. The van der Waals surface area contributed by atoms with Crippen LogP contribution in [0.5, 0.6) is 0 Å². The number of H-pyrrole nitrogens is 1. The lowest BCUT2D eigenvalue weighted by atomic mass is 10.0. The van der Waals surface area contributed by atoms with Gasteiger partial charge >= 0.3 is 0 Å². The minimum atomic E-state index is -0.236. The van der Waals surface area contributed by atoms with Gasteiger partial charge in [0.2, 0.25) is 0 Å². The van der Waals surface area contributed by atoms with Crippen molar-refractivity contribution in [3.8, 4) is 11.3 Å². The molecule has 0 spiro atoms. The number of nitrogens with zero attached hydrogens (tertiary/aromatic N) is 2. The molecule has 0 radical (unpaired) electrons. The van der Waals surface area contributed by atoms with E-state index in [0.717, 1.165) is 43.0 Å². The van der Waals surface area contributed by atoms with E-state index in [-0.39, 0.29) is 5.82 Å². The van der Waals surface area contributed by atoms with Crippen LogP contribution in [-0.2, 0) is 19.5 Å². The summed E-state index contributed by atoms with van der Waals surface area (Å²) in [5.41, 5.74) is 5.16. The average molecular weight is 297 g/mol. The summed E-state index contributed by atoms with van der Waals surface area (Å²) in [4.78, 5) is 2.35. The maximum Gasteiger partial charge on any atom is 0.123 e. The maximum atomic E-state index is 13.5. The van der Waals surface area contributed by atoms with Crippen LogP contribution in [0.2, 0.25) is 0 Å². The monoisotopic (exact) mass is 297 g/mol. The predicted molar refractivity (Wildman–Crippen MR) is 80.5 cm³/mol. The third-order valence-corrected chi connectivity index (χ3v) is 4.10. The Morgan fingerprint density at radius 1 is 1.32 bits per heavy atom. The molecule has 0 fully saturated rings. The predicted octanol–water partition coefficient (Wildman–Crippen LogP) is 3.37. The molecule has 112 valence electrons. The minimum Gasteiger partial charge on any atom is -0.472 e. The first-order valence-electron chi connectivity index (χ1n) is 7.35. The number of aromatic amines is 1. The molecule has 0 aliphatic carbocycles. The summed E-state index contributed by atoms with van der Waals surface area (Å²) in [6.07, 6.45) is 4.40. The lowest BCUT2D eigenvalue weighted by Crippen LogP contribution is -2.29. The first-order chi connectivity index (χ1) is 10.8. The Kier molecular flexibility index (Phi) is 3.27. The van der Waals surface area contributed by atoms with Crippen LogP contribution in [-0.4, -0.2) is 21.6 Å². The van der Waals surface area contributed by atoms with Crippen molar-refractivity contribution in [2.24, 2.45) is 0 Å². The fraction of sp³-hybridized carbons (Fsp3) is 0.235. The Hall–Kier alpha value is -2.40. The first-order valence-corrected chi connectivity index (χ1v) is 7.35. The Labute approximate surface area is 127 Å². The van der Waals surface area contributed by atoms with Gasteiger partial charge in [0.25, 0.3) is 0 Å². The van der Waals surface area contributed by atoms with E-state index >= 15 is 0 Å². The highest BCUT2D eigenvalue weighted by atomic mass is 19.1. The van der Waals surface area contributed by atoms with Gasteiger partial charge in [0, 0.05) is 48.4 Å². The van der Waals surface area contributed by atoms with Crippen molar-refractivity contribution in [2.45, 2.75) is 19.5 Å². The van der Waals surface area contributed by atoms with E-state index in [4.69, 9.17) is 4.42 Å². The molecular formula is C17H16FN3O. The highest BCUT2D eigenvalue weighted by molar-refractivity contribution is 5.64. The van der Waals surface area contributed by atoms with Gasteiger partial charge in [-0.15, -0.1) is 0 Å². The van der Waals surface area contributed by atoms with Gasteiger partial charge in [0.05, 0.1) is 18.2 Å². The average Bonchev–Trinajstić information content (AvgIpc) is 3.16. The molecule has 4 nitrogen and oxygen atoms in total. The molecule has 5 heteroatoms. The SMILES string of the molecule is Fc1cccc(-c2n[nH]c3c2CN(Cc2ccoc2)CC3)c1. The van der Waals surface area contributed by atoms with Crippen LogP contribution < -0.4 is 0 Å². The number of benzene rings is 1. The quantitative estimate of drug-likeness (QED) is 0.806. The van der Waals surface area contributed by atoms with E-state index in [2.05, 4.69) is 15.1 Å². The number of hydrogen-bond acceptors (Lipinski definition) is 3. The molecule has 0 amide bonds. The second kappa shape index (κ2) is 5.42. The number of aromatic nitrogens is 2. The summed E-state index contributed by atoms with van der Waals surface area (Å²) < 4.78 is 18.6. The van der Waals surface area contributed by atoms with Crippen LogP contribution in [0, 0.1) is 5.82 Å². The molecule has 0 saturated heterocycles. The van der Waals surface area contributed by atoms with Crippen molar-refractivity contribution in [3.63, 3.8) is 0 Å². The molecule has 22 heavy (non-hydrogen) atoms. The molecular weight excluding hydrogens is 281 g/mol. The van der Waals surface area contributed by atoms with Crippen molar-refractivity contribution < 1.29 is 8.81 Å². The molecule has 1 aromatic carbocycles. The van der Waals surface area contributed by atoms with Gasteiger partial charge in [-0.25, -0.2) is 4.39 Å². The number of hydrogen-bond donors (Lipinski definition) is 1. The minimum absolute atomic E-state index is 0.236. The number of furan rings is 1. The topological polar surface area (TPSA) is 45.1 Å². The molecule has 0 unspecified atom stereocenters. The molecule has 0 saturated carbocycles. The highest BCUT2D eigenvalue weighted by Crippen LogP contribution is 2.29. The zero-order valence-electron chi connectivity index (χ0n) is 12.1. The Morgan fingerprint density at radius 3 is 3.09 bits per heavy atom. The van der Waals surface area contributed by atoms with E-state index in [1.807, 2.05) is 12.1 Å². The largest absolute Gasteiger partial charge is 0.472 e. The molecule has 0 atom stereocenters. The van der Waals surface area contributed by atoms with Crippen LogP contribution >= 0.6 is 0 Å². The van der Waals surface area contributed by atoms with Crippen molar-refractivity contribution in [1.29, 1.82) is 0 Å². The van der Waals surface area contributed by atoms with E-state index in [9.17, 15) is 4.39 Å². The van der Waals surface area contributed by atoms with Gasteiger partial charge in [-0.1, -0.05) is 12.1 Å². The van der Waals surface area contributed by atoms with Gasteiger partial charge < -0.3 is 4.42 Å². The lowest BCUT2D eigenvalue weighted by Gasteiger charge is -2.26.